The molecule has 0 aromatic rings. The predicted octanol–water partition coefficient (Wildman–Crippen LogP) is 1.42. The summed E-state index contributed by atoms with van der Waals surface area (Å²) in [7, 11) is 0. The van der Waals surface area contributed by atoms with E-state index in [9.17, 15) is 0 Å². The Balaban J connectivity index is 2.64. The maximum absolute atomic E-state index is 7.38. The van der Waals surface area contributed by atoms with E-state index in [1.807, 2.05) is 0 Å². The summed E-state index contributed by atoms with van der Waals surface area (Å²) in [5, 5.41) is 0. The number of hydrogen-bond acceptors (Lipinski definition) is 2. The van der Waals surface area contributed by atoms with Gasteiger partial charge in [-0.15, -0.1) is 0 Å². The summed E-state index contributed by atoms with van der Waals surface area (Å²) < 4.78 is 22.1. The lowest BCUT2D eigenvalue weighted by molar-refractivity contribution is 0.0275. The van der Waals surface area contributed by atoms with Crippen molar-refractivity contribution in [3.8, 4) is 0 Å². The molecule has 2 nitrogen and oxygen atoms in total. The monoisotopic (exact) mass is 173 g/mol. The zero-order valence-electron chi connectivity index (χ0n) is 11.6. The lowest BCUT2D eigenvalue weighted by atomic mass is 10.0. The molecule has 1 rings (SSSR count). The number of likely N-dealkylation sites (N-methyl/N-ethyl adjacent to an activating group) is 1. The zero-order chi connectivity index (χ0) is 11.9. The van der Waals surface area contributed by atoms with Gasteiger partial charge in [0, 0.05) is 35.3 Å². The Morgan fingerprint density at radius 1 is 1.33 bits per heavy atom. The van der Waals surface area contributed by atoms with E-state index >= 15 is 0 Å². The number of nitrogens with zero attached hydrogens (tertiary/aromatic N) is 2. The van der Waals surface area contributed by atoms with E-state index in [0.717, 1.165) is 6.54 Å². The molecular formula is C10H22N2. The molecule has 1 aliphatic heterocycles. The molecule has 12 heavy (non-hydrogen) atoms. The third-order valence-corrected chi connectivity index (χ3v) is 2.49. The Hall–Kier alpha value is -0.0800. The fourth-order valence-corrected chi connectivity index (χ4v) is 1.95. The van der Waals surface area contributed by atoms with Gasteiger partial charge in [0.25, 0.3) is 0 Å². The highest BCUT2D eigenvalue weighted by atomic mass is 15.3. The van der Waals surface area contributed by atoms with Crippen LogP contribution in [-0.2, 0) is 0 Å². The second kappa shape index (κ2) is 3.35. The average molecular weight is 173 g/mol. The summed E-state index contributed by atoms with van der Waals surface area (Å²) >= 11 is 0. The van der Waals surface area contributed by atoms with Gasteiger partial charge in [-0.25, -0.2) is 0 Å². The van der Waals surface area contributed by atoms with Crippen molar-refractivity contribution in [2.45, 2.75) is 39.3 Å². The molecule has 0 amide bonds. The summed E-state index contributed by atoms with van der Waals surface area (Å²) in [6.07, 6.45) is 0. The quantitative estimate of drug-likeness (QED) is 0.546. The van der Waals surface area contributed by atoms with Crippen LogP contribution in [0.4, 0.5) is 0 Å². The normalized spacial score (nSPS) is 34.0. The van der Waals surface area contributed by atoms with E-state index in [1.165, 1.54) is 0 Å². The van der Waals surface area contributed by atoms with Crippen molar-refractivity contribution < 1.29 is 4.11 Å². The SMILES string of the molecule is [2H]C([2H])([2H])N1CCN(C(C)(C)C)[C@H](C)C1. The van der Waals surface area contributed by atoms with Gasteiger partial charge in [-0.3, -0.25) is 4.90 Å². The minimum absolute atomic E-state index is 0.125. The van der Waals surface area contributed by atoms with Gasteiger partial charge in [0.1, 0.15) is 0 Å². The Kier molecular flexibility index (Phi) is 1.78. The summed E-state index contributed by atoms with van der Waals surface area (Å²) in [4.78, 5) is 3.97. The van der Waals surface area contributed by atoms with Gasteiger partial charge in [-0.2, -0.15) is 0 Å². The van der Waals surface area contributed by atoms with Crippen LogP contribution in [0.25, 0.3) is 0 Å². The molecule has 0 saturated carbocycles. The Morgan fingerprint density at radius 2 is 2.00 bits per heavy atom. The first-order valence-electron chi connectivity index (χ1n) is 6.14. The van der Waals surface area contributed by atoms with Crippen molar-refractivity contribution in [3.05, 3.63) is 0 Å². The fraction of sp³-hybridized carbons (Fsp3) is 1.00. The van der Waals surface area contributed by atoms with E-state index in [-0.39, 0.29) is 5.54 Å². The minimum Gasteiger partial charge on any atom is -0.304 e. The van der Waals surface area contributed by atoms with Crippen LogP contribution in [0.3, 0.4) is 0 Å². The molecule has 1 heterocycles. The minimum atomic E-state index is -1.93. The summed E-state index contributed by atoms with van der Waals surface area (Å²) in [5.74, 6) is 0. The maximum atomic E-state index is 7.38. The molecule has 1 atom stereocenters. The molecular weight excluding hydrogens is 148 g/mol. The van der Waals surface area contributed by atoms with E-state index in [0.29, 0.717) is 19.1 Å². The lowest BCUT2D eigenvalue weighted by Crippen LogP contribution is -2.57. The van der Waals surface area contributed by atoms with Gasteiger partial charge in [0.2, 0.25) is 0 Å². The third-order valence-electron chi connectivity index (χ3n) is 2.49. The summed E-state index contributed by atoms with van der Waals surface area (Å²) in [6.45, 7) is 8.80. The van der Waals surface area contributed by atoms with Crippen LogP contribution in [0, 0.1) is 0 Å². The number of hydrogen-bond donors (Lipinski definition) is 0. The Bertz CT molecular complexity index is 220. The largest absolute Gasteiger partial charge is 0.304 e. The third kappa shape index (κ3) is 2.20. The molecule has 0 aromatic carbocycles. The topological polar surface area (TPSA) is 6.48 Å². The van der Waals surface area contributed by atoms with Gasteiger partial charge >= 0.3 is 0 Å². The first kappa shape index (κ1) is 6.39. The molecule has 0 bridgehead atoms. The molecule has 0 aromatic heterocycles. The van der Waals surface area contributed by atoms with Crippen molar-refractivity contribution >= 4 is 0 Å². The van der Waals surface area contributed by atoms with E-state index in [4.69, 9.17) is 4.11 Å². The molecule has 1 saturated heterocycles. The van der Waals surface area contributed by atoms with Crippen LogP contribution >= 0.6 is 0 Å². The molecule has 2 heteroatoms. The molecule has 1 aliphatic rings. The second-order valence-electron chi connectivity index (χ2n) is 4.66. The lowest BCUT2D eigenvalue weighted by Gasteiger charge is -2.45. The highest BCUT2D eigenvalue weighted by Crippen LogP contribution is 2.19. The van der Waals surface area contributed by atoms with Gasteiger partial charge in [-0.1, -0.05) is 0 Å². The van der Waals surface area contributed by atoms with Crippen LogP contribution in [0.2, 0.25) is 0 Å². The van der Waals surface area contributed by atoms with Crippen molar-refractivity contribution in [2.75, 3.05) is 26.6 Å². The molecule has 0 unspecified atom stereocenters. The highest BCUT2D eigenvalue weighted by molar-refractivity contribution is 4.86. The highest BCUT2D eigenvalue weighted by Gasteiger charge is 2.29. The predicted molar refractivity (Wildman–Crippen MR) is 53.4 cm³/mol. The number of rotatable bonds is 0. The zero-order valence-corrected chi connectivity index (χ0v) is 8.59. The summed E-state index contributed by atoms with van der Waals surface area (Å²) in [5.41, 5.74) is 0.125. The Morgan fingerprint density at radius 3 is 2.42 bits per heavy atom. The molecule has 0 radical (unpaired) electrons. The van der Waals surface area contributed by atoms with Crippen LogP contribution in [0.5, 0.6) is 0 Å². The van der Waals surface area contributed by atoms with Gasteiger partial charge in [0.15, 0.2) is 0 Å². The first-order valence-corrected chi connectivity index (χ1v) is 4.64. The van der Waals surface area contributed by atoms with Crippen molar-refractivity contribution in [2.24, 2.45) is 0 Å². The molecule has 72 valence electrons. The van der Waals surface area contributed by atoms with Crippen molar-refractivity contribution in [1.82, 2.24) is 9.80 Å². The van der Waals surface area contributed by atoms with E-state index in [2.05, 4.69) is 32.6 Å². The second-order valence-corrected chi connectivity index (χ2v) is 4.66. The first-order chi connectivity index (χ1) is 6.62. The van der Waals surface area contributed by atoms with Gasteiger partial charge in [0.05, 0.1) is 0 Å². The molecule has 0 spiro atoms. The Labute approximate surface area is 80.8 Å². The summed E-state index contributed by atoms with van der Waals surface area (Å²) in [6, 6.07) is 0.305. The molecule has 0 aliphatic carbocycles. The standard InChI is InChI=1S/C10H22N2/c1-9-8-11(5)6-7-12(9)10(2,3)4/h9H,6-8H2,1-5H3/t9-/m1/s1/i5D3. The van der Waals surface area contributed by atoms with E-state index < -0.39 is 6.98 Å². The maximum Gasteiger partial charge on any atom is 0.0394 e. The average Bonchev–Trinajstić information content (AvgIpc) is 1.99. The smallest absolute Gasteiger partial charge is 0.0394 e. The van der Waals surface area contributed by atoms with Gasteiger partial charge in [-0.05, 0) is 34.7 Å². The number of piperazine rings is 1. The molecule has 1 fully saturated rings. The van der Waals surface area contributed by atoms with Crippen molar-refractivity contribution in [3.63, 3.8) is 0 Å². The van der Waals surface area contributed by atoms with Crippen LogP contribution in [0.1, 0.15) is 31.8 Å². The molecule has 0 N–H and O–H groups in total. The fourth-order valence-electron chi connectivity index (χ4n) is 1.95. The van der Waals surface area contributed by atoms with Gasteiger partial charge < -0.3 is 4.90 Å². The van der Waals surface area contributed by atoms with Crippen LogP contribution in [0.15, 0.2) is 0 Å². The van der Waals surface area contributed by atoms with E-state index in [1.54, 1.807) is 4.90 Å². The van der Waals surface area contributed by atoms with Crippen LogP contribution in [-0.4, -0.2) is 48.0 Å². The van der Waals surface area contributed by atoms with Crippen LogP contribution < -0.4 is 0 Å². The van der Waals surface area contributed by atoms with Crippen molar-refractivity contribution in [1.29, 1.82) is 0 Å².